The average molecular weight is 520 g/mol. The summed E-state index contributed by atoms with van der Waals surface area (Å²) in [5.74, 6) is -1.39. The highest BCUT2D eigenvalue weighted by atomic mass is 19.2. The van der Waals surface area contributed by atoms with Crippen molar-refractivity contribution in [3.8, 4) is 11.6 Å². The van der Waals surface area contributed by atoms with Crippen LogP contribution in [0.4, 0.5) is 23.8 Å². The molecule has 1 aromatic carbocycles. The summed E-state index contributed by atoms with van der Waals surface area (Å²) >= 11 is 0. The fraction of sp³-hybridized carbons (Fsp3) is 0.462. The molecule has 2 heterocycles. The number of nitrogens with zero attached hydrogens (tertiary/aromatic N) is 3. The number of aromatic nitrogens is 2. The second-order valence-corrected chi connectivity index (χ2v) is 9.16. The highest BCUT2D eigenvalue weighted by Crippen LogP contribution is 2.35. The number of ether oxygens (including phenoxy) is 2. The molecular weight excluding hydrogens is 487 g/mol. The first-order chi connectivity index (χ1) is 17.9. The lowest BCUT2D eigenvalue weighted by atomic mass is 9.83. The largest absolute Gasteiger partial charge is 0.474 e. The number of anilines is 1. The lowest BCUT2D eigenvalue weighted by Gasteiger charge is -2.27. The number of carbonyl (C=O) groups is 1. The van der Waals surface area contributed by atoms with Crippen molar-refractivity contribution >= 4 is 11.8 Å². The van der Waals surface area contributed by atoms with Gasteiger partial charge in [0.05, 0.1) is 17.9 Å². The van der Waals surface area contributed by atoms with Gasteiger partial charge in [0.2, 0.25) is 5.88 Å². The van der Waals surface area contributed by atoms with E-state index in [4.69, 9.17) is 9.47 Å². The van der Waals surface area contributed by atoms with Crippen molar-refractivity contribution in [2.75, 3.05) is 51.9 Å². The summed E-state index contributed by atoms with van der Waals surface area (Å²) in [6.07, 6.45) is 2.80. The minimum Gasteiger partial charge on any atom is -0.474 e. The van der Waals surface area contributed by atoms with Crippen LogP contribution in [0.15, 0.2) is 54.1 Å². The normalized spacial score (nSPS) is 21.9. The Morgan fingerprint density at radius 3 is 2.68 bits per heavy atom. The molecule has 4 rings (SSSR count). The van der Waals surface area contributed by atoms with E-state index in [9.17, 15) is 18.0 Å². The Bertz CT molecular complexity index is 1140. The van der Waals surface area contributed by atoms with Crippen LogP contribution in [0.25, 0.3) is 5.69 Å². The Morgan fingerprint density at radius 2 is 1.97 bits per heavy atom. The van der Waals surface area contributed by atoms with Crippen LogP contribution < -0.4 is 15.4 Å². The van der Waals surface area contributed by atoms with Crippen molar-refractivity contribution in [1.82, 2.24) is 20.0 Å². The maximum absolute atomic E-state index is 14.1. The summed E-state index contributed by atoms with van der Waals surface area (Å²) in [6.45, 7) is 3.24. The lowest BCUT2D eigenvalue weighted by molar-refractivity contribution is 0.157. The van der Waals surface area contributed by atoms with Crippen LogP contribution >= 0.6 is 0 Å². The molecule has 8 nitrogen and oxygen atoms in total. The first kappa shape index (κ1) is 26.7. The summed E-state index contributed by atoms with van der Waals surface area (Å²) in [5.41, 5.74) is 1.24. The molecule has 11 heteroatoms. The smallest absolute Gasteiger partial charge is 0.320 e. The Morgan fingerprint density at radius 1 is 1.19 bits per heavy atom. The van der Waals surface area contributed by atoms with Gasteiger partial charge in [-0.3, -0.25) is 10.2 Å². The van der Waals surface area contributed by atoms with Crippen LogP contribution in [0.2, 0.25) is 0 Å². The monoisotopic (exact) mass is 519 g/mol. The zero-order valence-corrected chi connectivity index (χ0v) is 20.9. The topological polar surface area (TPSA) is 80.7 Å². The SMILES string of the molecule is COCCN1C[C@@H](NC(=O)Nc2c(C)c(OCCF)nn2-c2ccccc2)[C@H](C2C=CC(F)=C(F)C2)C1. The highest BCUT2D eigenvalue weighted by molar-refractivity contribution is 5.90. The standard InChI is InChI=1S/C26H32F3N5O3/c1-17-24(34(19-6-4-3-5-7-19)32-25(17)37-12-10-27)31-26(35)30-23-16-33(11-13-36-2)15-20(23)18-8-9-21(28)22(29)14-18/h3-9,18,20,23H,10-16H2,1-2H3,(H2,30,31,35)/t18?,20-,23+/m0/s1. The van der Waals surface area contributed by atoms with E-state index in [2.05, 4.69) is 20.6 Å². The van der Waals surface area contributed by atoms with E-state index in [-0.39, 0.29) is 36.8 Å². The van der Waals surface area contributed by atoms with Crippen LogP contribution in [0.5, 0.6) is 5.88 Å². The Kier molecular flexibility index (Phi) is 8.88. The van der Waals surface area contributed by atoms with Crippen molar-refractivity contribution in [3.05, 3.63) is 59.7 Å². The van der Waals surface area contributed by atoms with Gasteiger partial charge in [-0.2, -0.15) is 0 Å². The molecule has 200 valence electrons. The first-order valence-corrected chi connectivity index (χ1v) is 12.3. The average Bonchev–Trinajstić information content (AvgIpc) is 3.44. The highest BCUT2D eigenvalue weighted by Gasteiger charge is 2.39. The summed E-state index contributed by atoms with van der Waals surface area (Å²) < 4.78 is 52.6. The van der Waals surface area contributed by atoms with E-state index < -0.39 is 24.4 Å². The van der Waals surface area contributed by atoms with Gasteiger partial charge in [0.15, 0.2) is 5.83 Å². The van der Waals surface area contributed by atoms with E-state index in [1.165, 1.54) is 10.8 Å². The third kappa shape index (κ3) is 6.34. The van der Waals surface area contributed by atoms with Crippen LogP contribution in [0.1, 0.15) is 12.0 Å². The zero-order chi connectivity index (χ0) is 26.4. The molecule has 1 unspecified atom stereocenters. The number of allylic oxidation sites excluding steroid dienone is 4. The lowest BCUT2D eigenvalue weighted by Crippen LogP contribution is -2.45. The maximum Gasteiger partial charge on any atom is 0.320 e. The zero-order valence-electron chi connectivity index (χ0n) is 20.9. The molecule has 2 N–H and O–H groups in total. The summed E-state index contributed by atoms with van der Waals surface area (Å²) in [5, 5.41) is 10.3. The van der Waals surface area contributed by atoms with Crippen molar-refractivity contribution in [3.63, 3.8) is 0 Å². The van der Waals surface area contributed by atoms with Crippen molar-refractivity contribution in [1.29, 1.82) is 0 Å². The van der Waals surface area contributed by atoms with E-state index in [1.807, 2.05) is 30.3 Å². The third-order valence-corrected chi connectivity index (χ3v) is 6.71. The number of carbonyl (C=O) groups excluding carboxylic acids is 1. The number of hydrogen-bond acceptors (Lipinski definition) is 5. The number of benzene rings is 1. The first-order valence-electron chi connectivity index (χ1n) is 12.3. The second kappa shape index (κ2) is 12.3. The molecule has 0 saturated carbocycles. The van der Waals surface area contributed by atoms with Crippen LogP contribution in [-0.2, 0) is 4.74 Å². The van der Waals surface area contributed by atoms with Gasteiger partial charge in [-0.1, -0.05) is 24.3 Å². The number of alkyl halides is 1. The Hall–Kier alpha value is -3.31. The van der Waals surface area contributed by atoms with Gasteiger partial charge >= 0.3 is 6.03 Å². The van der Waals surface area contributed by atoms with Crippen molar-refractivity contribution < 1.29 is 27.4 Å². The predicted molar refractivity (Wildman–Crippen MR) is 134 cm³/mol. The maximum atomic E-state index is 14.1. The molecule has 2 aliphatic rings. The number of methoxy groups -OCH3 is 1. The van der Waals surface area contributed by atoms with E-state index in [0.29, 0.717) is 43.3 Å². The van der Waals surface area contributed by atoms with E-state index >= 15 is 0 Å². The molecule has 37 heavy (non-hydrogen) atoms. The predicted octanol–water partition coefficient (Wildman–Crippen LogP) is 4.32. The molecule has 1 saturated heterocycles. The summed E-state index contributed by atoms with van der Waals surface area (Å²) in [6, 6.07) is 8.41. The number of urea groups is 1. The minimum atomic E-state index is -0.844. The van der Waals surface area contributed by atoms with Gasteiger partial charge in [-0.15, -0.1) is 5.10 Å². The molecular formula is C26H32F3N5O3. The number of hydrogen-bond donors (Lipinski definition) is 2. The van der Waals surface area contributed by atoms with Gasteiger partial charge in [0.1, 0.15) is 24.9 Å². The molecule has 1 fully saturated rings. The van der Waals surface area contributed by atoms with Crippen LogP contribution in [0.3, 0.4) is 0 Å². The quantitative estimate of drug-likeness (QED) is 0.489. The second-order valence-electron chi connectivity index (χ2n) is 9.16. The van der Waals surface area contributed by atoms with Crippen LogP contribution in [-0.4, -0.2) is 73.4 Å². The number of nitrogens with one attached hydrogen (secondary N) is 2. The molecule has 2 amide bonds. The fourth-order valence-electron chi connectivity index (χ4n) is 4.83. The molecule has 1 aliphatic carbocycles. The fourth-order valence-corrected chi connectivity index (χ4v) is 4.83. The number of rotatable bonds is 10. The molecule has 2 aromatic rings. The third-order valence-electron chi connectivity index (χ3n) is 6.71. The van der Waals surface area contributed by atoms with E-state index in [1.54, 1.807) is 20.1 Å². The van der Waals surface area contributed by atoms with Gasteiger partial charge in [0.25, 0.3) is 0 Å². The summed E-state index contributed by atoms with van der Waals surface area (Å²) in [4.78, 5) is 15.4. The molecule has 1 aromatic heterocycles. The van der Waals surface area contributed by atoms with Gasteiger partial charge in [-0.25, -0.2) is 22.6 Å². The molecule has 0 spiro atoms. The number of amides is 2. The summed E-state index contributed by atoms with van der Waals surface area (Å²) in [7, 11) is 1.62. The van der Waals surface area contributed by atoms with Crippen molar-refractivity contribution in [2.24, 2.45) is 11.8 Å². The van der Waals surface area contributed by atoms with Gasteiger partial charge < -0.3 is 14.8 Å². The molecule has 0 bridgehead atoms. The van der Waals surface area contributed by atoms with Crippen molar-refractivity contribution in [2.45, 2.75) is 19.4 Å². The Labute approximate surface area is 214 Å². The number of likely N-dealkylation sites (tertiary alicyclic amines) is 1. The minimum absolute atomic E-state index is 0.0416. The number of halogens is 3. The van der Waals surface area contributed by atoms with Crippen LogP contribution in [0, 0.1) is 18.8 Å². The van der Waals surface area contributed by atoms with Gasteiger partial charge in [0, 0.05) is 39.2 Å². The molecule has 3 atom stereocenters. The Balaban J connectivity index is 1.53. The van der Waals surface area contributed by atoms with Gasteiger partial charge in [-0.05, 0) is 37.0 Å². The van der Waals surface area contributed by atoms with E-state index in [0.717, 1.165) is 0 Å². The molecule has 0 radical (unpaired) electrons. The number of para-hydroxylation sites is 1. The molecule has 1 aliphatic heterocycles.